The van der Waals surface area contributed by atoms with Crippen LogP contribution in [-0.2, 0) is 4.79 Å². The molecule has 0 aliphatic carbocycles. The summed E-state index contributed by atoms with van der Waals surface area (Å²) < 4.78 is 0. The highest BCUT2D eigenvalue weighted by Crippen LogP contribution is 2.11. The molecule has 0 saturated heterocycles. The van der Waals surface area contributed by atoms with Crippen molar-refractivity contribution in [2.75, 3.05) is 6.54 Å². The maximum Gasteiger partial charge on any atom is 0.332 e. The lowest BCUT2D eigenvalue weighted by Crippen LogP contribution is -2.41. The number of nitrogens with one attached hydrogen (secondary N) is 1. The number of carboxylic acid groups (broad SMARTS) is 1. The van der Waals surface area contributed by atoms with E-state index < -0.39 is 17.0 Å². The summed E-state index contributed by atoms with van der Waals surface area (Å²) in [5.74, 6) is -1.34. The topological polar surface area (TPSA) is 157 Å². The van der Waals surface area contributed by atoms with E-state index in [0.29, 0.717) is 13.0 Å². The van der Waals surface area contributed by atoms with Gasteiger partial charge in [0.15, 0.2) is 17.0 Å². The number of nitrogens with zero attached hydrogens (tertiary/aromatic N) is 2. The first kappa shape index (κ1) is 14.9. The number of hydrogen-bond donors (Lipinski definition) is 4. The van der Waals surface area contributed by atoms with Gasteiger partial charge in [0.2, 0.25) is 0 Å². The zero-order valence-electron chi connectivity index (χ0n) is 9.50. The van der Waals surface area contributed by atoms with E-state index in [9.17, 15) is 14.9 Å². The molecular weight excluding hydrogens is 230 g/mol. The Bertz CT molecular complexity index is 302. The van der Waals surface area contributed by atoms with Gasteiger partial charge >= 0.3 is 5.97 Å². The van der Waals surface area contributed by atoms with E-state index in [1.54, 1.807) is 12.3 Å². The number of carboxylic acids is 1. The highest BCUT2D eigenvalue weighted by Gasteiger charge is 2.24. The lowest BCUT2D eigenvalue weighted by atomic mass is 9.99. The molecule has 98 valence electrons. The number of rotatable bonds is 8. The Labute approximate surface area is 98.0 Å². The summed E-state index contributed by atoms with van der Waals surface area (Å²) in [6.07, 6.45) is 0.692. The van der Waals surface area contributed by atoms with Gasteiger partial charge in [0.1, 0.15) is 0 Å². The van der Waals surface area contributed by atoms with Crippen molar-refractivity contribution in [1.29, 1.82) is 0 Å². The number of guanidine groups is 1. The Hall–Kier alpha value is -2.06. The van der Waals surface area contributed by atoms with Crippen LogP contribution >= 0.6 is 0 Å². The first-order valence-corrected chi connectivity index (χ1v) is 5.01. The molecule has 17 heavy (non-hydrogen) atoms. The van der Waals surface area contributed by atoms with E-state index in [2.05, 4.69) is 4.99 Å². The first-order chi connectivity index (χ1) is 7.82. The van der Waals surface area contributed by atoms with Crippen LogP contribution in [0.25, 0.3) is 0 Å². The van der Waals surface area contributed by atoms with Crippen LogP contribution in [0.4, 0.5) is 0 Å². The molecule has 0 aromatic heterocycles. The van der Waals surface area contributed by atoms with Gasteiger partial charge in [0, 0.05) is 6.54 Å². The van der Waals surface area contributed by atoms with Crippen LogP contribution < -0.4 is 16.9 Å². The number of carbonyl (C=O) groups is 1. The summed E-state index contributed by atoms with van der Waals surface area (Å²) >= 11 is 0. The molecule has 2 atom stereocenters. The smallest absolute Gasteiger partial charge is 0.332 e. The van der Waals surface area contributed by atoms with Crippen molar-refractivity contribution in [3.8, 4) is 0 Å². The van der Waals surface area contributed by atoms with Crippen molar-refractivity contribution in [1.82, 2.24) is 5.43 Å². The van der Waals surface area contributed by atoms with Crippen molar-refractivity contribution < 1.29 is 14.9 Å². The van der Waals surface area contributed by atoms with E-state index in [1.165, 1.54) is 0 Å². The monoisotopic (exact) mass is 247 g/mol. The molecule has 0 fully saturated rings. The number of aliphatic carboxylic acids is 1. The second kappa shape index (κ2) is 7.25. The molecule has 9 nitrogen and oxygen atoms in total. The number of nitrogens with two attached hydrogens (primary N) is 2. The summed E-state index contributed by atoms with van der Waals surface area (Å²) in [6, 6.07) is -1.21. The fraction of sp³-hybridized carbons (Fsp3) is 0.750. The molecular formula is C8H17N5O4. The Morgan fingerprint density at radius 2 is 2.18 bits per heavy atom. The average molecular weight is 247 g/mol. The third kappa shape index (κ3) is 7.82. The second-order valence-corrected chi connectivity index (χ2v) is 3.71. The molecule has 0 aromatic carbocycles. The number of aliphatic imine (C=N–C) groups is 1. The van der Waals surface area contributed by atoms with E-state index in [1.807, 2.05) is 0 Å². The average Bonchev–Trinajstić information content (AvgIpc) is 2.15. The minimum atomic E-state index is -1.25. The van der Waals surface area contributed by atoms with Crippen molar-refractivity contribution in [2.45, 2.75) is 25.8 Å². The molecule has 0 aliphatic heterocycles. The lowest BCUT2D eigenvalue weighted by Gasteiger charge is -2.14. The SMILES string of the molecule is CC(CCN=C(N)N)C[C@H](N[N+](=O)[O-])C(=O)O. The van der Waals surface area contributed by atoms with Gasteiger partial charge in [-0.2, -0.15) is 0 Å². The molecule has 6 N–H and O–H groups in total. The highest BCUT2D eigenvalue weighted by molar-refractivity contribution is 5.75. The van der Waals surface area contributed by atoms with Crippen LogP contribution in [0.5, 0.6) is 0 Å². The normalized spacial score (nSPS) is 13.5. The van der Waals surface area contributed by atoms with Crippen LogP contribution in [0.1, 0.15) is 19.8 Å². The predicted molar refractivity (Wildman–Crippen MR) is 60.6 cm³/mol. The number of hydrogen-bond acceptors (Lipinski definition) is 4. The van der Waals surface area contributed by atoms with Crippen molar-refractivity contribution in [3.05, 3.63) is 10.1 Å². The minimum absolute atomic E-state index is 0.0320. The first-order valence-electron chi connectivity index (χ1n) is 5.01. The predicted octanol–water partition coefficient (Wildman–Crippen LogP) is -1.09. The van der Waals surface area contributed by atoms with Gasteiger partial charge in [-0.05, 0) is 18.8 Å². The Morgan fingerprint density at radius 3 is 2.59 bits per heavy atom. The standard InChI is InChI=1S/C8H17N5O4/c1-5(2-3-11-8(9)10)4-6(7(14)15)12-13(16)17/h5-6,12H,2-4H2,1H3,(H,14,15)(H4,9,10,11)/t5?,6-/m0/s1. The molecule has 0 aromatic rings. The molecule has 0 aliphatic rings. The molecule has 0 bridgehead atoms. The van der Waals surface area contributed by atoms with Gasteiger partial charge in [-0.1, -0.05) is 6.92 Å². The highest BCUT2D eigenvalue weighted by atomic mass is 16.7. The van der Waals surface area contributed by atoms with Crippen molar-refractivity contribution >= 4 is 11.9 Å². The molecule has 1 unspecified atom stereocenters. The molecule has 0 radical (unpaired) electrons. The zero-order valence-corrected chi connectivity index (χ0v) is 9.50. The Balaban J connectivity index is 4.12. The third-order valence-corrected chi connectivity index (χ3v) is 2.11. The molecule has 9 heteroatoms. The number of nitro groups is 1. The maximum absolute atomic E-state index is 10.7. The van der Waals surface area contributed by atoms with Gasteiger partial charge in [-0.25, -0.2) is 14.9 Å². The van der Waals surface area contributed by atoms with Crippen molar-refractivity contribution in [2.24, 2.45) is 22.4 Å². The summed E-state index contributed by atoms with van der Waals surface area (Å²) in [5.41, 5.74) is 12.0. The number of hydrazine groups is 1. The summed E-state index contributed by atoms with van der Waals surface area (Å²) in [7, 11) is 0. The van der Waals surface area contributed by atoms with Gasteiger partial charge in [0.05, 0.1) is 0 Å². The van der Waals surface area contributed by atoms with Gasteiger partial charge in [-0.3, -0.25) is 4.99 Å². The maximum atomic E-state index is 10.7. The van der Waals surface area contributed by atoms with Gasteiger partial charge < -0.3 is 16.6 Å². The van der Waals surface area contributed by atoms with Crippen LogP contribution in [-0.4, -0.2) is 34.7 Å². The fourth-order valence-corrected chi connectivity index (χ4v) is 1.27. The Morgan fingerprint density at radius 1 is 1.59 bits per heavy atom. The van der Waals surface area contributed by atoms with Crippen LogP contribution in [0, 0.1) is 16.0 Å². The summed E-state index contributed by atoms with van der Waals surface area (Å²) in [5, 5.41) is 18.1. The van der Waals surface area contributed by atoms with Crippen LogP contribution in [0.15, 0.2) is 4.99 Å². The fourth-order valence-electron chi connectivity index (χ4n) is 1.27. The Kier molecular flexibility index (Phi) is 6.37. The zero-order chi connectivity index (χ0) is 13.4. The largest absolute Gasteiger partial charge is 0.480 e. The molecule has 0 heterocycles. The van der Waals surface area contributed by atoms with E-state index in [0.717, 1.165) is 0 Å². The van der Waals surface area contributed by atoms with Gasteiger partial charge in [0.25, 0.3) is 0 Å². The minimum Gasteiger partial charge on any atom is -0.480 e. The summed E-state index contributed by atoms with van der Waals surface area (Å²) in [6.45, 7) is 2.15. The molecule has 0 amide bonds. The van der Waals surface area contributed by atoms with E-state index >= 15 is 0 Å². The molecule has 0 spiro atoms. The van der Waals surface area contributed by atoms with Gasteiger partial charge in [-0.15, -0.1) is 5.43 Å². The summed E-state index contributed by atoms with van der Waals surface area (Å²) in [4.78, 5) is 24.6. The molecule has 0 rings (SSSR count). The molecule has 0 saturated carbocycles. The van der Waals surface area contributed by atoms with E-state index in [-0.39, 0.29) is 18.3 Å². The quantitative estimate of drug-likeness (QED) is 0.183. The van der Waals surface area contributed by atoms with Crippen LogP contribution in [0.2, 0.25) is 0 Å². The second-order valence-electron chi connectivity index (χ2n) is 3.71. The third-order valence-electron chi connectivity index (χ3n) is 2.11. The van der Waals surface area contributed by atoms with Crippen LogP contribution in [0.3, 0.4) is 0 Å². The van der Waals surface area contributed by atoms with E-state index in [4.69, 9.17) is 16.6 Å². The lowest BCUT2D eigenvalue weighted by molar-refractivity contribution is -0.549. The van der Waals surface area contributed by atoms with Crippen molar-refractivity contribution in [3.63, 3.8) is 0 Å².